The zero-order valence-electron chi connectivity index (χ0n) is 14.8. The molecule has 0 aliphatic carbocycles. The molecule has 5 nitrogen and oxygen atoms in total. The monoisotopic (exact) mass is 368 g/mol. The largest absolute Gasteiger partial charge is 0.494 e. The molecule has 2 heterocycles. The SMILES string of the molecule is CCOc1ccc(OCCCC(=O)NC2CC3CCC(C2)N3)cc1.Cl. The third-order valence-corrected chi connectivity index (χ3v) is 4.79. The van der Waals surface area contributed by atoms with Gasteiger partial charge < -0.3 is 20.1 Å². The van der Waals surface area contributed by atoms with Crippen molar-refractivity contribution in [3.05, 3.63) is 24.3 Å². The molecular weight excluding hydrogens is 340 g/mol. The Balaban J connectivity index is 0.00000225. The highest BCUT2D eigenvalue weighted by molar-refractivity contribution is 5.85. The summed E-state index contributed by atoms with van der Waals surface area (Å²) in [6, 6.07) is 9.16. The van der Waals surface area contributed by atoms with Gasteiger partial charge in [0.25, 0.3) is 0 Å². The lowest BCUT2D eigenvalue weighted by atomic mass is 9.99. The fourth-order valence-corrected chi connectivity index (χ4v) is 3.70. The Morgan fingerprint density at radius 1 is 1.12 bits per heavy atom. The van der Waals surface area contributed by atoms with Crippen LogP contribution in [0.5, 0.6) is 11.5 Å². The van der Waals surface area contributed by atoms with Gasteiger partial charge in [0.2, 0.25) is 5.91 Å². The average molecular weight is 369 g/mol. The van der Waals surface area contributed by atoms with E-state index in [0.717, 1.165) is 30.8 Å². The molecule has 140 valence electrons. The van der Waals surface area contributed by atoms with Crippen LogP contribution >= 0.6 is 12.4 Å². The van der Waals surface area contributed by atoms with Crippen LogP contribution in [0.3, 0.4) is 0 Å². The van der Waals surface area contributed by atoms with E-state index in [9.17, 15) is 4.79 Å². The number of amides is 1. The van der Waals surface area contributed by atoms with E-state index in [1.165, 1.54) is 12.8 Å². The summed E-state index contributed by atoms with van der Waals surface area (Å²) in [6.07, 6.45) is 5.92. The van der Waals surface area contributed by atoms with Gasteiger partial charge in [0.15, 0.2) is 0 Å². The van der Waals surface area contributed by atoms with Crippen LogP contribution in [0.2, 0.25) is 0 Å². The summed E-state index contributed by atoms with van der Waals surface area (Å²) >= 11 is 0. The third-order valence-electron chi connectivity index (χ3n) is 4.79. The van der Waals surface area contributed by atoms with Crippen molar-refractivity contribution in [1.82, 2.24) is 10.6 Å². The first-order chi connectivity index (χ1) is 11.7. The van der Waals surface area contributed by atoms with Gasteiger partial charge in [-0.05, 0) is 63.3 Å². The molecule has 0 aromatic heterocycles. The first kappa shape index (κ1) is 19.9. The van der Waals surface area contributed by atoms with Crippen LogP contribution in [0.25, 0.3) is 0 Å². The number of hydrogen-bond donors (Lipinski definition) is 2. The zero-order valence-corrected chi connectivity index (χ0v) is 15.6. The number of piperidine rings is 1. The van der Waals surface area contributed by atoms with Gasteiger partial charge in [-0.1, -0.05) is 0 Å². The molecule has 2 atom stereocenters. The molecule has 0 saturated carbocycles. The maximum Gasteiger partial charge on any atom is 0.220 e. The highest BCUT2D eigenvalue weighted by Crippen LogP contribution is 2.26. The highest BCUT2D eigenvalue weighted by atomic mass is 35.5. The van der Waals surface area contributed by atoms with Gasteiger partial charge in [-0.15, -0.1) is 12.4 Å². The van der Waals surface area contributed by atoms with Crippen LogP contribution in [-0.4, -0.2) is 37.2 Å². The number of carbonyl (C=O) groups is 1. The number of hydrogen-bond acceptors (Lipinski definition) is 4. The lowest BCUT2D eigenvalue weighted by Crippen LogP contribution is -2.48. The van der Waals surface area contributed by atoms with Gasteiger partial charge in [0, 0.05) is 24.5 Å². The lowest BCUT2D eigenvalue weighted by molar-refractivity contribution is -0.122. The van der Waals surface area contributed by atoms with Crippen molar-refractivity contribution in [2.45, 2.75) is 63.6 Å². The molecular formula is C19H29ClN2O3. The van der Waals surface area contributed by atoms with Crippen LogP contribution in [0.4, 0.5) is 0 Å². The number of benzene rings is 1. The van der Waals surface area contributed by atoms with Crippen LogP contribution in [-0.2, 0) is 4.79 Å². The highest BCUT2D eigenvalue weighted by Gasteiger charge is 2.33. The molecule has 3 rings (SSSR count). The first-order valence-corrected chi connectivity index (χ1v) is 9.14. The Morgan fingerprint density at radius 3 is 2.32 bits per heavy atom. The predicted molar refractivity (Wildman–Crippen MR) is 101 cm³/mol. The van der Waals surface area contributed by atoms with E-state index in [4.69, 9.17) is 9.47 Å². The van der Waals surface area contributed by atoms with E-state index in [1.807, 2.05) is 31.2 Å². The maximum atomic E-state index is 12.1. The standard InChI is InChI=1S/C19H28N2O3.ClH/c1-2-23-17-7-9-18(10-8-17)24-11-3-4-19(22)21-16-12-14-5-6-15(13-16)20-14;/h7-10,14-16,20H,2-6,11-13H2,1H3,(H,21,22);1H. The van der Waals surface area contributed by atoms with E-state index < -0.39 is 0 Å². The Hall–Kier alpha value is -1.46. The van der Waals surface area contributed by atoms with E-state index >= 15 is 0 Å². The Kier molecular flexibility index (Phi) is 7.85. The lowest BCUT2D eigenvalue weighted by Gasteiger charge is -2.29. The zero-order chi connectivity index (χ0) is 16.8. The number of fused-ring (bicyclic) bond motifs is 2. The fourth-order valence-electron chi connectivity index (χ4n) is 3.70. The molecule has 0 spiro atoms. The molecule has 2 bridgehead atoms. The summed E-state index contributed by atoms with van der Waals surface area (Å²) in [5.41, 5.74) is 0. The minimum absolute atomic E-state index is 0. The summed E-state index contributed by atoms with van der Waals surface area (Å²) in [6.45, 7) is 3.18. The van der Waals surface area contributed by atoms with Gasteiger partial charge in [0.05, 0.1) is 13.2 Å². The molecule has 0 radical (unpaired) electrons. The minimum atomic E-state index is 0. The molecule has 2 unspecified atom stereocenters. The second kappa shape index (κ2) is 9.88. The van der Waals surface area contributed by atoms with Crippen LogP contribution in [0.1, 0.15) is 45.4 Å². The average Bonchev–Trinajstić information content (AvgIpc) is 2.92. The van der Waals surface area contributed by atoms with Crippen molar-refractivity contribution in [1.29, 1.82) is 0 Å². The molecule has 1 aromatic carbocycles. The summed E-state index contributed by atoms with van der Waals surface area (Å²) in [5.74, 6) is 1.81. The molecule has 2 N–H and O–H groups in total. The van der Waals surface area contributed by atoms with Crippen LogP contribution < -0.4 is 20.1 Å². The minimum Gasteiger partial charge on any atom is -0.494 e. The molecule has 1 amide bonds. The summed E-state index contributed by atoms with van der Waals surface area (Å²) in [4.78, 5) is 12.1. The predicted octanol–water partition coefficient (Wildman–Crippen LogP) is 3.07. The normalized spacial score (nSPS) is 24.3. The third kappa shape index (κ3) is 6.08. The molecule has 2 aliphatic heterocycles. The molecule has 25 heavy (non-hydrogen) atoms. The van der Waals surface area contributed by atoms with Gasteiger partial charge in [-0.3, -0.25) is 4.79 Å². The molecule has 6 heteroatoms. The van der Waals surface area contributed by atoms with Crippen molar-refractivity contribution in [3.63, 3.8) is 0 Å². The Bertz CT molecular complexity index is 526. The van der Waals surface area contributed by atoms with Crippen molar-refractivity contribution in [2.24, 2.45) is 0 Å². The van der Waals surface area contributed by atoms with E-state index in [-0.39, 0.29) is 18.3 Å². The first-order valence-electron chi connectivity index (χ1n) is 9.14. The second-order valence-corrected chi connectivity index (χ2v) is 6.73. The number of halogens is 1. The van der Waals surface area contributed by atoms with E-state index in [0.29, 0.717) is 37.8 Å². The Labute approximate surface area is 156 Å². The summed E-state index contributed by atoms with van der Waals surface area (Å²) in [7, 11) is 0. The Morgan fingerprint density at radius 2 is 1.72 bits per heavy atom. The summed E-state index contributed by atoms with van der Waals surface area (Å²) < 4.78 is 11.1. The van der Waals surface area contributed by atoms with Gasteiger partial charge in [0.1, 0.15) is 11.5 Å². The number of nitrogens with one attached hydrogen (secondary N) is 2. The molecule has 1 aromatic rings. The fraction of sp³-hybridized carbons (Fsp3) is 0.632. The van der Waals surface area contributed by atoms with Crippen LogP contribution in [0.15, 0.2) is 24.3 Å². The van der Waals surface area contributed by atoms with E-state index in [1.54, 1.807) is 0 Å². The van der Waals surface area contributed by atoms with Crippen molar-refractivity contribution < 1.29 is 14.3 Å². The number of ether oxygens (including phenoxy) is 2. The smallest absolute Gasteiger partial charge is 0.220 e. The summed E-state index contributed by atoms with van der Waals surface area (Å²) in [5, 5.41) is 6.78. The van der Waals surface area contributed by atoms with Crippen LogP contribution in [0, 0.1) is 0 Å². The van der Waals surface area contributed by atoms with Gasteiger partial charge >= 0.3 is 0 Å². The quantitative estimate of drug-likeness (QED) is 0.692. The molecule has 2 saturated heterocycles. The topological polar surface area (TPSA) is 59.6 Å². The molecule has 2 aliphatic rings. The number of rotatable bonds is 8. The van der Waals surface area contributed by atoms with Crippen molar-refractivity contribution >= 4 is 18.3 Å². The van der Waals surface area contributed by atoms with Gasteiger partial charge in [-0.25, -0.2) is 0 Å². The second-order valence-electron chi connectivity index (χ2n) is 6.73. The maximum absolute atomic E-state index is 12.1. The number of carbonyl (C=O) groups excluding carboxylic acids is 1. The van der Waals surface area contributed by atoms with Gasteiger partial charge in [-0.2, -0.15) is 0 Å². The molecule has 2 fully saturated rings. The van der Waals surface area contributed by atoms with Crippen molar-refractivity contribution in [3.8, 4) is 11.5 Å². The van der Waals surface area contributed by atoms with E-state index in [2.05, 4.69) is 10.6 Å². The van der Waals surface area contributed by atoms with Crippen molar-refractivity contribution in [2.75, 3.05) is 13.2 Å².